The molecule has 160 valence electrons. The Bertz CT molecular complexity index is 1050. The van der Waals surface area contributed by atoms with Crippen LogP contribution >= 0.6 is 0 Å². The van der Waals surface area contributed by atoms with Gasteiger partial charge in [-0.1, -0.05) is 42.0 Å². The summed E-state index contributed by atoms with van der Waals surface area (Å²) in [6, 6.07) is 12.1. The molecule has 10 heteroatoms. The van der Waals surface area contributed by atoms with Crippen LogP contribution in [0.3, 0.4) is 0 Å². The van der Waals surface area contributed by atoms with Crippen molar-refractivity contribution in [3.8, 4) is 0 Å². The van der Waals surface area contributed by atoms with E-state index in [1.54, 1.807) is 24.3 Å². The van der Waals surface area contributed by atoms with Gasteiger partial charge in [0.25, 0.3) is 11.6 Å². The molecule has 2 aromatic carbocycles. The highest BCUT2D eigenvalue weighted by Crippen LogP contribution is 2.21. The summed E-state index contributed by atoms with van der Waals surface area (Å²) in [7, 11) is 0. The van der Waals surface area contributed by atoms with E-state index in [-0.39, 0.29) is 24.3 Å². The highest BCUT2D eigenvalue weighted by atomic mass is 16.6. The number of para-hydroxylation sites is 1. The highest BCUT2D eigenvalue weighted by molar-refractivity contribution is 6.00. The van der Waals surface area contributed by atoms with Crippen molar-refractivity contribution >= 4 is 29.3 Å². The fourth-order valence-corrected chi connectivity index (χ4v) is 3.06. The van der Waals surface area contributed by atoms with Gasteiger partial charge in [0.2, 0.25) is 5.91 Å². The molecule has 3 rings (SSSR count). The molecule has 1 N–H and O–H groups in total. The molecule has 0 saturated carbocycles. The minimum atomic E-state index is -0.871. The monoisotopic (exact) mass is 425 g/mol. The van der Waals surface area contributed by atoms with Crippen LogP contribution in [0.25, 0.3) is 0 Å². The van der Waals surface area contributed by atoms with Crippen molar-refractivity contribution in [3.05, 3.63) is 75.3 Å². The number of nitrogens with zero attached hydrogens (tertiary/aromatic N) is 2. The number of hydrazine groups is 1. The number of rotatable bonds is 7. The van der Waals surface area contributed by atoms with Gasteiger partial charge in [-0.15, -0.1) is 0 Å². The lowest BCUT2D eigenvalue weighted by molar-refractivity contribution is -0.385. The van der Waals surface area contributed by atoms with Crippen LogP contribution in [0.4, 0.5) is 5.69 Å². The van der Waals surface area contributed by atoms with E-state index in [9.17, 15) is 29.3 Å². The molecule has 2 amide bonds. The number of carbonyl (C=O) groups is 4. The molecule has 1 fully saturated rings. The van der Waals surface area contributed by atoms with Crippen molar-refractivity contribution in [2.75, 3.05) is 13.2 Å². The van der Waals surface area contributed by atoms with Crippen LogP contribution in [-0.4, -0.2) is 46.7 Å². The lowest BCUT2D eigenvalue weighted by atomic mass is 10.1. The number of benzene rings is 2. The molecule has 0 spiro atoms. The number of nitro groups is 1. The number of Topliss-reactive ketones (excluding diaryl/α,β-unsaturated/α-hetero) is 1. The maximum Gasteiger partial charge on any atom is 0.311 e. The first-order valence-corrected chi connectivity index (χ1v) is 9.37. The fraction of sp³-hybridized carbons (Fsp3) is 0.238. The number of nitrogens with one attached hydrogen (secondary N) is 1. The number of amides is 2. The summed E-state index contributed by atoms with van der Waals surface area (Å²) in [5.74, 6) is -3.37. The third kappa shape index (κ3) is 5.10. The van der Waals surface area contributed by atoms with Gasteiger partial charge in [0, 0.05) is 18.1 Å². The molecule has 1 aliphatic rings. The summed E-state index contributed by atoms with van der Waals surface area (Å²) < 4.78 is 5.04. The maximum absolute atomic E-state index is 12.4. The van der Waals surface area contributed by atoms with E-state index in [0.29, 0.717) is 5.56 Å². The number of ether oxygens (including phenoxy) is 1. The fourth-order valence-electron chi connectivity index (χ4n) is 3.06. The summed E-state index contributed by atoms with van der Waals surface area (Å²) in [6.45, 7) is 1.25. The van der Waals surface area contributed by atoms with Crippen molar-refractivity contribution in [1.82, 2.24) is 10.4 Å². The molecule has 31 heavy (non-hydrogen) atoms. The molecule has 2 aromatic rings. The van der Waals surface area contributed by atoms with Gasteiger partial charge < -0.3 is 4.74 Å². The first-order valence-electron chi connectivity index (χ1n) is 9.37. The molecule has 0 aliphatic carbocycles. The smallest absolute Gasteiger partial charge is 0.311 e. The third-order valence-electron chi connectivity index (χ3n) is 4.76. The van der Waals surface area contributed by atoms with Crippen LogP contribution in [0.15, 0.2) is 48.5 Å². The van der Waals surface area contributed by atoms with Crippen LogP contribution in [0, 0.1) is 23.0 Å². The first kappa shape index (κ1) is 21.6. The maximum atomic E-state index is 12.4. The van der Waals surface area contributed by atoms with E-state index < -0.39 is 40.9 Å². The van der Waals surface area contributed by atoms with Crippen LogP contribution < -0.4 is 5.43 Å². The SMILES string of the molecule is Cc1ccc(C(=O)COC(=O)[C@H]2CC(=O)N(NC(=O)c3ccccc3[N+](=O)[O-])C2)cc1. The van der Waals surface area contributed by atoms with E-state index in [1.807, 2.05) is 6.92 Å². The molecule has 0 bridgehead atoms. The molecule has 1 aliphatic heterocycles. The quantitative estimate of drug-likeness (QED) is 0.309. The Labute approximate surface area is 176 Å². The largest absolute Gasteiger partial charge is 0.457 e. The Balaban J connectivity index is 1.56. The van der Waals surface area contributed by atoms with E-state index in [0.717, 1.165) is 10.6 Å². The van der Waals surface area contributed by atoms with E-state index in [4.69, 9.17) is 4.74 Å². The van der Waals surface area contributed by atoms with Crippen molar-refractivity contribution in [1.29, 1.82) is 0 Å². The molecule has 1 heterocycles. The summed E-state index contributed by atoms with van der Waals surface area (Å²) in [4.78, 5) is 59.3. The van der Waals surface area contributed by atoms with Crippen molar-refractivity contribution in [3.63, 3.8) is 0 Å². The zero-order valence-corrected chi connectivity index (χ0v) is 16.6. The zero-order chi connectivity index (χ0) is 22.5. The minimum Gasteiger partial charge on any atom is -0.457 e. The Hall–Kier alpha value is -4.08. The molecule has 0 aromatic heterocycles. The number of carbonyl (C=O) groups excluding carboxylic acids is 4. The van der Waals surface area contributed by atoms with Gasteiger partial charge in [-0.05, 0) is 13.0 Å². The lowest BCUT2D eigenvalue weighted by Crippen LogP contribution is -2.43. The number of hydrogen-bond acceptors (Lipinski definition) is 7. The number of esters is 1. The standard InChI is InChI=1S/C21H19N3O7/c1-13-6-8-14(9-7-13)18(25)12-31-21(28)15-10-19(26)23(11-15)22-20(27)16-4-2-3-5-17(16)24(29)30/h2-9,15H,10-12H2,1H3,(H,22,27)/t15-/m0/s1. The number of nitro benzene ring substituents is 1. The predicted molar refractivity (Wildman–Crippen MR) is 107 cm³/mol. The average molecular weight is 425 g/mol. The topological polar surface area (TPSA) is 136 Å². The van der Waals surface area contributed by atoms with Gasteiger partial charge in [0.05, 0.1) is 17.4 Å². The summed E-state index contributed by atoms with van der Waals surface area (Å²) in [5, 5.41) is 12.0. The molecular formula is C21H19N3O7. The van der Waals surface area contributed by atoms with E-state index >= 15 is 0 Å². The van der Waals surface area contributed by atoms with Crippen LogP contribution in [0.5, 0.6) is 0 Å². The minimum absolute atomic E-state index is 0.164. The van der Waals surface area contributed by atoms with Gasteiger partial charge >= 0.3 is 5.97 Å². The zero-order valence-electron chi connectivity index (χ0n) is 16.6. The van der Waals surface area contributed by atoms with Gasteiger partial charge in [0.15, 0.2) is 12.4 Å². The molecule has 0 radical (unpaired) electrons. The van der Waals surface area contributed by atoms with Crippen LogP contribution in [0.1, 0.15) is 32.7 Å². The Morgan fingerprint density at radius 2 is 1.84 bits per heavy atom. The molecule has 10 nitrogen and oxygen atoms in total. The Morgan fingerprint density at radius 3 is 2.52 bits per heavy atom. The second kappa shape index (κ2) is 9.16. The number of ketones is 1. The Kier molecular flexibility index (Phi) is 6.39. The second-order valence-electron chi connectivity index (χ2n) is 7.02. The molecule has 0 unspecified atom stereocenters. The first-order chi connectivity index (χ1) is 14.8. The van der Waals surface area contributed by atoms with Crippen molar-refractivity contribution in [2.24, 2.45) is 5.92 Å². The van der Waals surface area contributed by atoms with Crippen LogP contribution in [0.2, 0.25) is 0 Å². The summed E-state index contributed by atoms with van der Waals surface area (Å²) in [6.07, 6.45) is -0.214. The van der Waals surface area contributed by atoms with E-state index in [1.165, 1.54) is 24.3 Å². The second-order valence-corrected chi connectivity index (χ2v) is 7.02. The predicted octanol–water partition coefficient (Wildman–Crippen LogP) is 1.82. The van der Waals surface area contributed by atoms with Gasteiger partial charge in [0.1, 0.15) is 5.56 Å². The van der Waals surface area contributed by atoms with Crippen molar-refractivity contribution in [2.45, 2.75) is 13.3 Å². The highest BCUT2D eigenvalue weighted by Gasteiger charge is 2.37. The van der Waals surface area contributed by atoms with Crippen LogP contribution in [-0.2, 0) is 14.3 Å². The summed E-state index contributed by atoms with van der Waals surface area (Å²) >= 11 is 0. The van der Waals surface area contributed by atoms with Gasteiger partial charge in [-0.2, -0.15) is 0 Å². The number of aryl methyl sites for hydroxylation is 1. The Morgan fingerprint density at radius 1 is 1.16 bits per heavy atom. The number of hydrogen-bond donors (Lipinski definition) is 1. The van der Waals surface area contributed by atoms with Gasteiger partial charge in [-0.3, -0.25) is 39.7 Å². The normalized spacial score (nSPS) is 15.5. The van der Waals surface area contributed by atoms with Crippen molar-refractivity contribution < 1.29 is 28.8 Å². The van der Waals surface area contributed by atoms with Gasteiger partial charge in [-0.25, -0.2) is 0 Å². The molecule has 1 atom stereocenters. The lowest BCUT2D eigenvalue weighted by Gasteiger charge is -2.17. The van der Waals surface area contributed by atoms with E-state index in [2.05, 4.69) is 5.43 Å². The summed E-state index contributed by atoms with van der Waals surface area (Å²) in [5.41, 5.74) is 3.06. The average Bonchev–Trinajstić information content (AvgIpc) is 3.12. The molecule has 1 saturated heterocycles. The third-order valence-corrected chi connectivity index (χ3v) is 4.76. The molecular weight excluding hydrogens is 406 g/mol.